The van der Waals surface area contributed by atoms with E-state index in [0.29, 0.717) is 5.92 Å². The SMILES string of the molecule is CCC(CC)CNC(=O)c1cc2c(s1)CCCCC2. The average molecular weight is 279 g/mol. The molecule has 0 saturated carbocycles. The van der Waals surface area contributed by atoms with Crippen molar-refractivity contribution < 1.29 is 4.79 Å². The molecule has 1 aliphatic rings. The smallest absolute Gasteiger partial charge is 0.261 e. The predicted molar refractivity (Wildman–Crippen MR) is 82.0 cm³/mol. The maximum absolute atomic E-state index is 12.2. The summed E-state index contributed by atoms with van der Waals surface area (Å²) in [6.45, 7) is 5.19. The van der Waals surface area contributed by atoms with E-state index in [4.69, 9.17) is 0 Å². The monoisotopic (exact) mass is 279 g/mol. The number of carbonyl (C=O) groups excluding carboxylic acids is 1. The molecule has 0 radical (unpaired) electrons. The van der Waals surface area contributed by atoms with Crippen LogP contribution in [0.2, 0.25) is 0 Å². The van der Waals surface area contributed by atoms with Crippen LogP contribution in [-0.4, -0.2) is 12.5 Å². The maximum atomic E-state index is 12.2. The molecule has 0 saturated heterocycles. The van der Waals surface area contributed by atoms with Gasteiger partial charge >= 0.3 is 0 Å². The van der Waals surface area contributed by atoms with Crippen LogP contribution in [0, 0.1) is 5.92 Å². The van der Waals surface area contributed by atoms with E-state index in [-0.39, 0.29) is 5.91 Å². The number of rotatable bonds is 5. The zero-order chi connectivity index (χ0) is 13.7. The normalized spacial score (nSPS) is 15.1. The van der Waals surface area contributed by atoms with Gasteiger partial charge in [0.25, 0.3) is 5.91 Å². The lowest BCUT2D eigenvalue weighted by atomic mass is 10.0. The minimum atomic E-state index is 0.130. The number of thiophene rings is 1. The molecular weight excluding hydrogens is 254 g/mol. The summed E-state index contributed by atoms with van der Waals surface area (Å²) in [7, 11) is 0. The molecule has 1 aromatic heterocycles. The second-order valence-electron chi connectivity index (χ2n) is 5.51. The molecule has 1 N–H and O–H groups in total. The molecule has 1 aromatic rings. The topological polar surface area (TPSA) is 29.1 Å². The van der Waals surface area contributed by atoms with Crippen LogP contribution in [0.5, 0.6) is 0 Å². The van der Waals surface area contributed by atoms with Crippen molar-refractivity contribution in [3.63, 3.8) is 0 Å². The summed E-state index contributed by atoms with van der Waals surface area (Å²) in [6.07, 6.45) is 8.49. The molecule has 0 unspecified atom stereocenters. The number of amides is 1. The molecular formula is C16H25NOS. The summed E-state index contributed by atoms with van der Waals surface area (Å²) in [5, 5.41) is 3.10. The highest BCUT2D eigenvalue weighted by Gasteiger charge is 2.16. The lowest BCUT2D eigenvalue weighted by Crippen LogP contribution is -2.28. The van der Waals surface area contributed by atoms with E-state index in [0.717, 1.165) is 30.7 Å². The Labute approximate surface area is 120 Å². The number of hydrogen-bond acceptors (Lipinski definition) is 2. The summed E-state index contributed by atoms with van der Waals surface area (Å²) in [5.74, 6) is 0.742. The van der Waals surface area contributed by atoms with Crippen molar-refractivity contribution in [2.45, 2.75) is 58.8 Å². The van der Waals surface area contributed by atoms with Crippen LogP contribution >= 0.6 is 11.3 Å². The molecule has 0 spiro atoms. The van der Waals surface area contributed by atoms with Gasteiger partial charge in [0.2, 0.25) is 0 Å². The minimum absolute atomic E-state index is 0.130. The van der Waals surface area contributed by atoms with Gasteiger partial charge in [0, 0.05) is 11.4 Å². The number of hydrogen-bond donors (Lipinski definition) is 1. The van der Waals surface area contributed by atoms with Crippen LogP contribution in [0.1, 0.15) is 66.1 Å². The Bertz CT molecular complexity index is 397. The van der Waals surface area contributed by atoms with Crippen molar-refractivity contribution in [3.8, 4) is 0 Å². The molecule has 0 bridgehead atoms. The molecule has 2 nitrogen and oxygen atoms in total. The van der Waals surface area contributed by atoms with E-state index in [2.05, 4.69) is 25.2 Å². The number of carbonyl (C=O) groups is 1. The largest absolute Gasteiger partial charge is 0.351 e. The number of aryl methyl sites for hydroxylation is 2. The van der Waals surface area contributed by atoms with Gasteiger partial charge in [-0.15, -0.1) is 11.3 Å². The maximum Gasteiger partial charge on any atom is 0.261 e. The van der Waals surface area contributed by atoms with Gasteiger partial charge in [0.15, 0.2) is 0 Å². The number of nitrogens with one attached hydrogen (secondary N) is 1. The van der Waals surface area contributed by atoms with Crippen LogP contribution in [0.25, 0.3) is 0 Å². The van der Waals surface area contributed by atoms with E-state index in [1.165, 1.54) is 36.1 Å². The van der Waals surface area contributed by atoms with Gasteiger partial charge in [0.1, 0.15) is 0 Å². The lowest BCUT2D eigenvalue weighted by molar-refractivity contribution is 0.0950. The Morgan fingerprint density at radius 2 is 2.00 bits per heavy atom. The van der Waals surface area contributed by atoms with Gasteiger partial charge in [-0.05, 0) is 43.2 Å². The first kappa shape index (κ1) is 14.6. The Morgan fingerprint density at radius 1 is 1.26 bits per heavy atom. The predicted octanol–water partition coefficient (Wildman–Crippen LogP) is 4.18. The summed E-state index contributed by atoms with van der Waals surface area (Å²) in [6, 6.07) is 2.13. The van der Waals surface area contributed by atoms with Crippen LogP contribution in [0.4, 0.5) is 0 Å². The third-order valence-corrected chi connectivity index (χ3v) is 5.41. The van der Waals surface area contributed by atoms with Crippen molar-refractivity contribution >= 4 is 17.2 Å². The van der Waals surface area contributed by atoms with Crippen molar-refractivity contribution in [2.75, 3.05) is 6.54 Å². The van der Waals surface area contributed by atoms with E-state index in [1.54, 1.807) is 11.3 Å². The summed E-state index contributed by atoms with van der Waals surface area (Å²) >= 11 is 1.71. The summed E-state index contributed by atoms with van der Waals surface area (Å²) in [4.78, 5) is 14.5. The zero-order valence-electron chi connectivity index (χ0n) is 12.1. The van der Waals surface area contributed by atoms with Crippen LogP contribution in [0.15, 0.2) is 6.07 Å². The van der Waals surface area contributed by atoms with Gasteiger partial charge in [-0.25, -0.2) is 0 Å². The highest BCUT2D eigenvalue weighted by Crippen LogP contribution is 2.28. The molecule has 1 heterocycles. The molecule has 0 atom stereocenters. The molecule has 106 valence electrons. The van der Waals surface area contributed by atoms with Gasteiger partial charge in [-0.2, -0.15) is 0 Å². The Kier molecular flexibility index (Phi) is 5.44. The number of fused-ring (bicyclic) bond motifs is 1. The zero-order valence-corrected chi connectivity index (χ0v) is 12.9. The van der Waals surface area contributed by atoms with Crippen molar-refractivity contribution in [3.05, 3.63) is 21.4 Å². The molecule has 0 fully saturated rings. The van der Waals surface area contributed by atoms with E-state index in [9.17, 15) is 4.79 Å². The fraction of sp³-hybridized carbons (Fsp3) is 0.688. The third-order valence-electron chi connectivity index (χ3n) is 4.18. The van der Waals surface area contributed by atoms with Gasteiger partial charge in [0.05, 0.1) is 4.88 Å². The Morgan fingerprint density at radius 3 is 2.74 bits per heavy atom. The Hall–Kier alpha value is -0.830. The first-order chi connectivity index (χ1) is 9.24. The molecule has 3 heteroatoms. The molecule has 2 rings (SSSR count). The van der Waals surface area contributed by atoms with Crippen LogP contribution in [0.3, 0.4) is 0 Å². The second kappa shape index (κ2) is 7.09. The van der Waals surface area contributed by atoms with Crippen LogP contribution < -0.4 is 5.32 Å². The minimum Gasteiger partial charge on any atom is -0.351 e. The van der Waals surface area contributed by atoms with Gasteiger partial charge in [-0.1, -0.05) is 33.1 Å². The van der Waals surface area contributed by atoms with Crippen molar-refractivity contribution in [1.29, 1.82) is 0 Å². The van der Waals surface area contributed by atoms with Crippen LogP contribution in [-0.2, 0) is 12.8 Å². The molecule has 1 amide bonds. The van der Waals surface area contributed by atoms with Gasteiger partial charge < -0.3 is 5.32 Å². The first-order valence-corrected chi connectivity index (χ1v) is 8.46. The quantitative estimate of drug-likeness (QED) is 0.805. The highest BCUT2D eigenvalue weighted by atomic mass is 32.1. The summed E-state index contributed by atoms with van der Waals surface area (Å²) < 4.78 is 0. The van der Waals surface area contributed by atoms with E-state index in [1.807, 2.05) is 0 Å². The highest BCUT2D eigenvalue weighted by molar-refractivity contribution is 7.14. The molecule has 19 heavy (non-hydrogen) atoms. The third kappa shape index (κ3) is 3.82. The van der Waals surface area contributed by atoms with Gasteiger partial charge in [-0.3, -0.25) is 4.79 Å². The molecule has 0 aromatic carbocycles. The fourth-order valence-electron chi connectivity index (χ4n) is 2.68. The van der Waals surface area contributed by atoms with E-state index < -0.39 is 0 Å². The molecule has 1 aliphatic carbocycles. The summed E-state index contributed by atoms with van der Waals surface area (Å²) in [5.41, 5.74) is 1.43. The average Bonchev–Trinajstić information content (AvgIpc) is 2.71. The first-order valence-electron chi connectivity index (χ1n) is 7.64. The lowest BCUT2D eigenvalue weighted by Gasteiger charge is -2.12. The standard InChI is InChI=1S/C16H25NOS/c1-3-12(4-2)11-17-16(18)15-10-13-8-6-5-7-9-14(13)19-15/h10,12H,3-9,11H2,1-2H3,(H,17,18). The van der Waals surface area contributed by atoms with Crippen molar-refractivity contribution in [1.82, 2.24) is 5.32 Å². The molecule has 0 aliphatic heterocycles. The van der Waals surface area contributed by atoms with E-state index >= 15 is 0 Å². The van der Waals surface area contributed by atoms with Crippen molar-refractivity contribution in [2.24, 2.45) is 5.92 Å². The fourth-order valence-corrected chi connectivity index (χ4v) is 3.85. The second-order valence-corrected chi connectivity index (χ2v) is 6.65. The Balaban J connectivity index is 1.96.